The standard InChI is InChI=1S/C16H17FN4O/c17-13-3-1-2-4-15(13)20-7-9-21(10-8-20)16(22)12-11-19-6-5-14(12)18/h1-6,11H,7-10H2,(H2,18,19). The summed E-state index contributed by atoms with van der Waals surface area (Å²) in [4.78, 5) is 20.1. The van der Waals surface area contributed by atoms with E-state index in [4.69, 9.17) is 5.73 Å². The zero-order chi connectivity index (χ0) is 15.5. The number of carbonyl (C=O) groups excluding carboxylic acids is 1. The number of aromatic nitrogens is 1. The van der Waals surface area contributed by atoms with Crippen molar-refractivity contribution in [2.45, 2.75) is 0 Å². The number of nitrogens with two attached hydrogens (primary N) is 1. The average Bonchev–Trinajstić information content (AvgIpc) is 2.55. The van der Waals surface area contributed by atoms with Crippen LogP contribution in [0.3, 0.4) is 0 Å². The van der Waals surface area contributed by atoms with E-state index >= 15 is 0 Å². The zero-order valence-electron chi connectivity index (χ0n) is 12.1. The van der Waals surface area contributed by atoms with Crippen LogP contribution in [0.4, 0.5) is 15.8 Å². The second-order valence-corrected chi connectivity index (χ2v) is 5.19. The molecule has 0 bridgehead atoms. The average molecular weight is 300 g/mol. The molecule has 3 rings (SSSR count). The summed E-state index contributed by atoms with van der Waals surface area (Å²) in [6, 6.07) is 8.30. The van der Waals surface area contributed by atoms with Crippen LogP contribution in [-0.4, -0.2) is 42.0 Å². The maximum absolute atomic E-state index is 13.8. The number of amides is 1. The maximum atomic E-state index is 13.8. The van der Waals surface area contributed by atoms with Gasteiger partial charge in [-0.3, -0.25) is 9.78 Å². The van der Waals surface area contributed by atoms with Gasteiger partial charge in [-0.25, -0.2) is 4.39 Å². The first kappa shape index (κ1) is 14.3. The number of hydrogen-bond donors (Lipinski definition) is 1. The van der Waals surface area contributed by atoms with E-state index in [2.05, 4.69) is 4.98 Å². The molecule has 1 fully saturated rings. The molecule has 1 amide bonds. The van der Waals surface area contributed by atoms with Gasteiger partial charge < -0.3 is 15.5 Å². The van der Waals surface area contributed by atoms with E-state index in [1.54, 1.807) is 29.3 Å². The van der Waals surface area contributed by atoms with Gasteiger partial charge in [-0.05, 0) is 18.2 Å². The monoisotopic (exact) mass is 300 g/mol. The van der Waals surface area contributed by atoms with Gasteiger partial charge in [-0.2, -0.15) is 0 Å². The maximum Gasteiger partial charge on any atom is 0.257 e. The Hall–Kier alpha value is -2.63. The van der Waals surface area contributed by atoms with Gasteiger partial charge in [0.1, 0.15) is 5.82 Å². The summed E-state index contributed by atoms with van der Waals surface area (Å²) in [6.07, 6.45) is 3.04. The lowest BCUT2D eigenvalue weighted by Crippen LogP contribution is -2.49. The summed E-state index contributed by atoms with van der Waals surface area (Å²) in [5, 5.41) is 0. The summed E-state index contributed by atoms with van der Waals surface area (Å²) >= 11 is 0. The van der Waals surface area contributed by atoms with Crippen molar-refractivity contribution in [3.05, 3.63) is 54.1 Å². The van der Waals surface area contributed by atoms with E-state index in [1.165, 1.54) is 12.3 Å². The van der Waals surface area contributed by atoms with Crippen molar-refractivity contribution in [2.24, 2.45) is 0 Å². The Morgan fingerprint density at radius 1 is 1.14 bits per heavy atom. The Morgan fingerprint density at radius 3 is 2.55 bits per heavy atom. The first-order chi connectivity index (χ1) is 10.7. The summed E-state index contributed by atoms with van der Waals surface area (Å²) in [6.45, 7) is 2.24. The van der Waals surface area contributed by atoms with Crippen molar-refractivity contribution < 1.29 is 9.18 Å². The number of para-hydroxylation sites is 1. The Morgan fingerprint density at radius 2 is 1.86 bits per heavy atom. The number of anilines is 2. The summed E-state index contributed by atoms with van der Waals surface area (Å²) < 4.78 is 13.8. The molecule has 5 nitrogen and oxygen atoms in total. The topological polar surface area (TPSA) is 62.5 Å². The minimum atomic E-state index is -0.237. The molecular formula is C16H17FN4O. The molecule has 1 aliphatic rings. The van der Waals surface area contributed by atoms with Crippen molar-refractivity contribution >= 4 is 17.3 Å². The molecule has 0 saturated carbocycles. The number of nitrogens with zero attached hydrogens (tertiary/aromatic N) is 3. The number of nitrogen functional groups attached to an aromatic ring is 1. The molecule has 2 N–H and O–H groups in total. The number of hydrogen-bond acceptors (Lipinski definition) is 4. The molecule has 6 heteroatoms. The fourth-order valence-corrected chi connectivity index (χ4v) is 2.61. The summed E-state index contributed by atoms with van der Waals surface area (Å²) in [5.41, 5.74) is 7.24. The van der Waals surface area contributed by atoms with Gasteiger partial charge in [-0.1, -0.05) is 12.1 Å². The van der Waals surface area contributed by atoms with Crippen LogP contribution >= 0.6 is 0 Å². The van der Waals surface area contributed by atoms with E-state index in [-0.39, 0.29) is 11.7 Å². The Bertz CT molecular complexity index is 683. The predicted octanol–water partition coefficient (Wildman–Crippen LogP) is 1.77. The van der Waals surface area contributed by atoms with E-state index in [0.29, 0.717) is 43.1 Å². The quantitative estimate of drug-likeness (QED) is 0.918. The first-order valence-corrected chi connectivity index (χ1v) is 7.15. The number of carbonyl (C=O) groups is 1. The molecule has 1 saturated heterocycles. The molecule has 0 atom stereocenters. The first-order valence-electron chi connectivity index (χ1n) is 7.15. The zero-order valence-corrected chi connectivity index (χ0v) is 12.1. The Kier molecular flexibility index (Phi) is 3.91. The lowest BCUT2D eigenvalue weighted by atomic mass is 10.2. The lowest BCUT2D eigenvalue weighted by molar-refractivity contribution is 0.0747. The molecule has 2 heterocycles. The van der Waals surface area contributed by atoms with E-state index in [0.717, 1.165) is 0 Å². The minimum absolute atomic E-state index is 0.126. The second kappa shape index (κ2) is 6.01. The van der Waals surface area contributed by atoms with Gasteiger partial charge in [0, 0.05) is 44.3 Å². The highest BCUT2D eigenvalue weighted by atomic mass is 19.1. The van der Waals surface area contributed by atoms with E-state index in [9.17, 15) is 9.18 Å². The lowest BCUT2D eigenvalue weighted by Gasteiger charge is -2.36. The molecule has 114 valence electrons. The van der Waals surface area contributed by atoms with Crippen molar-refractivity contribution in [1.82, 2.24) is 9.88 Å². The number of pyridine rings is 1. The van der Waals surface area contributed by atoms with Crippen LogP contribution in [0.5, 0.6) is 0 Å². The Labute approximate surface area is 128 Å². The highest BCUT2D eigenvalue weighted by Gasteiger charge is 2.24. The molecule has 1 aliphatic heterocycles. The molecule has 1 aromatic carbocycles. The molecule has 0 aliphatic carbocycles. The van der Waals surface area contributed by atoms with Crippen LogP contribution in [0.15, 0.2) is 42.7 Å². The van der Waals surface area contributed by atoms with Crippen molar-refractivity contribution in [2.75, 3.05) is 36.8 Å². The molecule has 0 unspecified atom stereocenters. The summed E-state index contributed by atoms with van der Waals surface area (Å²) in [5.74, 6) is -0.363. The van der Waals surface area contributed by atoms with Gasteiger partial charge in [0.05, 0.1) is 11.3 Å². The summed E-state index contributed by atoms with van der Waals surface area (Å²) in [7, 11) is 0. The molecule has 22 heavy (non-hydrogen) atoms. The minimum Gasteiger partial charge on any atom is -0.398 e. The Balaban J connectivity index is 1.68. The smallest absolute Gasteiger partial charge is 0.257 e. The van der Waals surface area contributed by atoms with Gasteiger partial charge in [0.15, 0.2) is 0 Å². The number of halogens is 1. The highest BCUT2D eigenvalue weighted by Crippen LogP contribution is 2.21. The van der Waals surface area contributed by atoms with Crippen molar-refractivity contribution in [1.29, 1.82) is 0 Å². The third-order valence-corrected chi connectivity index (χ3v) is 3.85. The third kappa shape index (κ3) is 2.72. The predicted molar refractivity (Wildman–Crippen MR) is 83.2 cm³/mol. The van der Waals surface area contributed by atoms with Crippen molar-refractivity contribution in [3.63, 3.8) is 0 Å². The fraction of sp³-hybridized carbons (Fsp3) is 0.250. The molecule has 0 spiro atoms. The van der Waals surface area contributed by atoms with Gasteiger partial charge in [0.2, 0.25) is 0 Å². The van der Waals surface area contributed by atoms with Crippen LogP contribution in [0.1, 0.15) is 10.4 Å². The number of piperazine rings is 1. The van der Waals surface area contributed by atoms with Gasteiger partial charge >= 0.3 is 0 Å². The molecular weight excluding hydrogens is 283 g/mol. The SMILES string of the molecule is Nc1ccncc1C(=O)N1CCN(c2ccccc2F)CC1. The van der Waals surface area contributed by atoms with E-state index < -0.39 is 0 Å². The van der Waals surface area contributed by atoms with Crippen LogP contribution in [-0.2, 0) is 0 Å². The van der Waals surface area contributed by atoms with Gasteiger partial charge in [0.25, 0.3) is 5.91 Å². The highest BCUT2D eigenvalue weighted by molar-refractivity contribution is 5.98. The number of rotatable bonds is 2. The fourth-order valence-electron chi connectivity index (χ4n) is 2.61. The van der Waals surface area contributed by atoms with Crippen LogP contribution in [0.2, 0.25) is 0 Å². The molecule has 2 aromatic rings. The van der Waals surface area contributed by atoms with Crippen LogP contribution < -0.4 is 10.6 Å². The van der Waals surface area contributed by atoms with Crippen molar-refractivity contribution in [3.8, 4) is 0 Å². The molecule has 0 radical (unpaired) electrons. The second-order valence-electron chi connectivity index (χ2n) is 5.19. The third-order valence-electron chi connectivity index (χ3n) is 3.85. The normalized spacial score (nSPS) is 15.0. The van der Waals surface area contributed by atoms with Crippen LogP contribution in [0, 0.1) is 5.82 Å². The van der Waals surface area contributed by atoms with E-state index in [1.807, 2.05) is 11.0 Å². The number of benzene rings is 1. The van der Waals surface area contributed by atoms with Gasteiger partial charge in [-0.15, -0.1) is 0 Å². The largest absolute Gasteiger partial charge is 0.398 e. The van der Waals surface area contributed by atoms with Crippen LogP contribution in [0.25, 0.3) is 0 Å². The molecule has 1 aromatic heterocycles.